The molecule has 1 amide bonds. The molecule has 4 nitrogen and oxygen atoms in total. The van der Waals surface area contributed by atoms with E-state index < -0.39 is 0 Å². The highest BCUT2D eigenvalue weighted by molar-refractivity contribution is 5.77. The first-order valence-electron chi connectivity index (χ1n) is 7.87. The van der Waals surface area contributed by atoms with Crippen molar-refractivity contribution in [3.8, 4) is 5.75 Å². The molecule has 4 heteroatoms. The lowest BCUT2D eigenvalue weighted by Crippen LogP contribution is -2.36. The summed E-state index contributed by atoms with van der Waals surface area (Å²) in [5.74, 6) is 0.953. The molecule has 1 aliphatic carbocycles. The predicted octanol–water partition coefficient (Wildman–Crippen LogP) is 3.25. The molecule has 0 spiro atoms. The van der Waals surface area contributed by atoms with Crippen LogP contribution in [-0.2, 0) is 4.79 Å². The zero-order chi connectivity index (χ0) is 15.1. The first-order valence-corrected chi connectivity index (χ1v) is 7.87. The van der Waals surface area contributed by atoms with E-state index in [0.717, 1.165) is 24.3 Å². The topological polar surface area (TPSA) is 50.4 Å². The second kappa shape index (κ2) is 7.91. The van der Waals surface area contributed by atoms with E-state index in [9.17, 15) is 4.79 Å². The van der Waals surface area contributed by atoms with Gasteiger partial charge in [0, 0.05) is 19.0 Å². The Hall–Kier alpha value is -1.71. The van der Waals surface area contributed by atoms with Crippen molar-refractivity contribution in [2.75, 3.05) is 19.0 Å². The highest BCUT2D eigenvalue weighted by atomic mass is 16.5. The summed E-state index contributed by atoms with van der Waals surface area (Å²) in [6.45, 7) is 2.67. The third kappa shape index (κ3) is 4.96. The number of hydrogen-bond donors (Lipinski definition) is 2. The number of methoxy groups -OCH3 is 1. The molecule has 2 N–H and O–H groups in total. The summed E-state index contributed by atoms with van der Waals surface area (Å²) in [5.41, 5.74) is 2.12. The number of amides is 1. The van der Waals surface area contributed by atoms with Crippen LogP contribution in [0.25, 0.3) is 0 Å². The number of anilines is 1. The van der Waals surface area contributed by atoms with Crippen LogP contribution < -0.4 is 15.4 Å². The van der Waals surface area contributed by atoms with Crippen molar-refractivity contribution in [1.29, 1.82) is 0 Å². The molecular formula is C17H26N2O2. The smallest absolute Gasteiger partial charge is 0.221 e. The molecule has 0 bridgehead atoms. The molecule has 0 heterocycles. The molecule has 1 aliphatic rings. The molecule has 0 atom stereocenters. The van der Waals surface area contributed by atoms with Gasteiger partial charge in [-0.15, -0.1) is 0 Å². The zero-order valence-electron chi connectivity index (χ0n) is 13.1. The lowest BCUT2D eigenvalue weighted by Gasteiger charge is -2.22. The average Bonchev–Trinajstić information content (AvgIpc) is 2.48. The Kier molecular flexibility index (Phi) is 5.90. The van der Waals surface area contributed by atoms with Crippen LogP contribution in [0.4, 0.5) is 5.69 Å². The number of carbonyl (C=O) groups excluding carboxylic acids is 1. The molecule has 0 radical (unpaired) electrons. The quantitative estimate of drug-likeness (QED) is 0.845. The molecule has 0 saturated heterocycles. The summed E-state index contributed by atoms with van der Waals surface area (Å²) in [6, 6.07) is 6.39. The Labute approximate surface area is 127 Å². The summed E-state index contributed by atoms with van der Waals surface area (Å²) in [6.07, 6.45) is 6.54. The fraction of sp³-hybridized carbons (Fsp3) is 0.588. The van der Waals surface area contributed by atoms with E-state index in [2.05, 4.69) is 10.6 Å². The number of hydrogen-bond acceptors (Lipinski definition) is 3. The molecule has 1 fully saturated rings. The van der Waals surface area contributed by atoms with Crippen molar-refractivity contribution < 1.29 is 9.53 Å². The van der Waals surface area contributed by atoms with Gasteiger partial charge in [0.15, 0.2) is 0 Å². The summed E-state index contributed by atoms with van der Waals surface area (Å²) in [7, 11) is 1.66. The van der Waals surface area contributed by atoms with Gasteiger partial charge < -0.3 is 15.4 Å². The van der Waals surface area contributed by atoms with Crippen molar-refractivity contribution in [2.45, 2.75) is 51.5 Å². The van der Waals surface area contributed by atoms with Crippen LogP contribution in [0, 0.1) is 6.92 Å². The number of carbonyl (C=O) groups is 1. The third-order valence-corrected chi connectivity index (χ3v) is 3.99. The maximum absolute atomic E-state index is 11.9. The van der Waals surface area contributed by atoms with E-state index in [0.29, 0.717) is 19.0 Å². The van der Waals surface area contributed by atoms with Gasteiger partial charge in [0.05, 0.1) is 12.8 Å². The van der Waals surface area contributed by atoms with Gasteiger partial charge in [-0.1, -0.05) is 25.3 Å². The van der Waals surface area contributed by atoms with Crippen molar-refractivity contribution in [3.05, 3.63) is 23.8 Å². The highest BCUT2D eigenvalue weighted by Crippen LogP contribution is 2.25. The summed E-state index contributed by atoms with van der Waals surface area (Å²) in [5, 5.41) is 6.42. The van der Waals surface area contributed by atoms with Crippen LogP contribution in [-0.4, -0.2) is 25.6 Å². The Morgan fingerprint density at radius 1 is 1.29 bits per heavy atom. The van der Waals surface area contributed by atoms with Crippen LogP contribution in [0.3, 0.4) is 0 Å². The molecule has 21 heavy (non-hydrogen) atoms. The van der Waals surface area contributed by atoms with E-state index in [1.165, 1.54) is 24.8 Å². The Morgan fingerprint density at radius 2 is 2.05 bits per heavy atom. The Bertz CT molecular complexity index is 468. The molecule has 0 aliphatic heterocycles. The van der Waals surface area contributed by atoms with Crippen LogP contribution in [0.5, 0.6) is 5.75 Å². The van der Waals surface area contributed by atoms with Gasteiger partial charge >= 0.3 is 0 Å². The van der Waals surface area contributed by atoms with Crippen LogP contribution in [0.2, 0.25) is 0 Å². The largest absolute Gasteiger partial charge is 0.495 e. The Morgan fingerprint density at radius 3 is 2.76 bits per heavy atom. The van der Waals surface area contributed by atoms with E-state index in [1.54, 1.807) is 7.11 Å². The molecule has 2 rings (SSSR count). The van der Waals surface area contributed by atoms with Crippen LogP contribution >= 0.6 is 0 Å². The van der Waals surface area contributed by atoms with E-state index in [4.69, 9.17) is 4.74 Å². The van der Waals surface area contributed by atoms with Gasteiger partial charge in [-0.05, 0) is 37.5 Å². The van der Waals surface area contributed by atoms with Crippen LogP contribution in [0.15, 0.2) is 18.2 Å². The first kappa shape index (κ1) is 15.7. The van der Waals surface area contributed by atoms with Gasteiger partial charge in [-0.3, -0.25) is 4.79 Å². The van der Waals surface area contributed by atoms with E-state index in [1.807, 2.05) is 25.1 Å². The van der Waals surface area contributed by atoms with Gasteiger partial charge in [0.25, 0.3) is 0 Å². The summed E-state index contributed by atoms with van der Waals surface area (Å²) < 4.78 is 5.32. The fourth-order valence-corrected chi connectivity index (χ4v) is 2.82. The predicted molar refractivity (Wildman–Crippen MR) is 85.9 cm³/mol. The van der Waals surface area contributed by atoms with Gasteiger partial charge in [0.1, 0.15) is 5.75 Å². The summed E-state index contributed by atoms with van der Waals surface area (Å²) in [4.78, 5) is 11.9. The Balaban J connectivity index is 1.75. The fourth-order valence-electron chi connectivity index (χ4n) is 2.82. The van der Waals surface area contributed by atoms with Crippen molar-refractivity contribution in [1.82, 2.24) is 5.32 Å². The SMILES string of the molecule is COc1ccc(C)cc1NCCC(=O)NC1CCCCC1. The summed E-state index contributed by atoms with van der Waals surface area (Å²) >= 11 is 0. The molecule has 0 aromatic heterocycles. The number of aryl methyl sites for hydroxylation is 1. The lowest BCUT2D eigenvalue weighted by molar-refractivity contribution is -0.121. The second-order valence-corrected chi connectivity index (χ2v) is 5.78. The minimum atomic E-state index is 0.140. The van der Waals surface area contributed by atoms with Gasteiger partial charge in [-0.2, -0.15) is 0 Å². The van der Waals surface area contributed by atoms with Crippen molar-refractivity contribution in [3.63, 3.8) is 0 Å². The van der Waals surface area contributed by atoms with E-state index in [-0.39, 0.29) is 5.91 Å². The molecular weight excluding hydrogens is 264 g/mol. The monoisotopic (exact) mass is 290 g/mol. The maximum atomic E-state index is 11.9. The molecule has 116 valence electrons. The zero-order valence-corrected chi connectivity index (χ0v) is 13.1. The second-order valence-electron chi connectivity index (χ2n) is 5.78. The average molecular weight is 290 g/mol. The molecule has 1 aromatic carbocycles. The minimum Gasteiger partial charge on any atom is -0.495 e. The number of rotatable bonds is 6. The van der Waals surface area contributed by atoms with Crippen molar-refractivity contribution in [2.24, 2.45) is 0 Å². The number of benzene rings is 1. The normalized spacial score (nSPS) is 15.5. The lowest BCUT2D eigenvalue weighted by atomic mass is 9.95. The first-order chi connectivity index (χ1) is 10.2. The maximum Gasteiger partial charge on any atom is 0.221 e. The standard InChI is InChI=1S/C17H26N2O2/c1-13-8-9-16(21-2)15(12-13)18-11-10-17(20)19-14-6-4-3-5-7-14/h8-9,12,14,18H,3-7,10-11H2,1-2H3,(H,19,20). The molecule has 0 unspecified atom stereocenters. The van der Waals surface area contributed by atoms with Crippen LogP contribution in [0.1, 0.15) is 44.1 Å². The third-order valence-electron chi connectivity index (χ3n) is 3.99. The van der Waals surface area contributed by atoms with Gasteiger partial charge in [0.2, 0.25) is 5.91 Å². The van der Waals surface area contributed by atoms with E-state index >= 15 is 0 Å². The molecule has 1 saturated carbocycles. The van der Waals surface area contributed by atoms with Crippen molar-refractivity contribution >= 4 is 11.6 Å². The highest BCUT2D eigenvalue weighted by Gasteiger charge is 2.15. The van der Waals surface area contributed by atoms with Gasteiger partial charge in [-0.25, -0.2) is 0 Å². The number of nitrogens with one attached hydrogen (secondary N) is 2. The number of ether oxygens (including phenoxy) is 1. The minimum absolute atomic E-state index is 0.140. The molecule has 1 aromatic rings.